The maximum Gasteiger partial charge on any atom is 0.362 e. The van der Waals surface area contributed by atoms with Gasteiger partial charge in [0.15, 0.2) is 0 Å². The van der Waals surface area contributed by atoms with Crippen molar-refractivity contribution in [2.75, 3.05) is 0 Å². The fraction of sp³-hybridized carbons (Fsp3) is 0.923. The zero-order valence-electron chi connectivity index (χ0n) is 11.3. The van der Waals surface area contributed by atoms with Crippen LogP contribution in [-0.4, -0.2) is 30.0 Å². The van der Waals surface area contributed by atoms with Crippen LogP contribution >= 0.6 is 0 Å². The zero-order chi connectivity index (χ0) is 14.7. The summed E-state index contributed by atoms with van der Waals surface area (Å²) in [6.07, 6.45) is 4.73. The minimum Gasteiger partial charge on any atom is -0.459 e. The Morgan fingerprint density at radius 1 is 1.15 bits per heavy atom. The van der Waals surface area contributed by atoms with Crippen molar-refractivity contribution in [1.29, 1.82) is 0 Å². The molecule has 7 heteroatoms. The number of ether oxygens (including phenoxy) is 1. The van der Waals surface area contributed by atoms with Gasteiger partial charge in [0.05, 0.1) is 0 Å². The van der Waals surface area contributed by atoms with Gasteiger partial charge in [-0.3, -0.25) is 4.55 Å². The first kappa shape index (κ1) is 14.3. The number of esters is 1. The molecule has 5 nitrogen and oxygen atoms in total. The van der Waals surface area contributed by atoms with Crippen LogP contribution in [0.3, 0.4) is 0 Å². The molecule has 1 unspecified atom stereocenters. The highest BCUT2D eigenvalue weighted by molar-refractivity contribution is 7.87. The molecule has 0 amide bonds. The van der Waals surface area contributed by atoms with Crippen LogP contribution in [0.25, 0.3) is 0 Å². The number of hydrogen-bond donors (Lipinski definition) is 1. The van der Waals surface area contributed by atoms with Gasteiger partial charge in [-0.1, -0.05) is 0 Å². The van der Waals surface area contributed by atoms with Gasteiger partial charge in [0, 0.05) is 0 Å². The summed E-state index contributed by atoms with van der Waals surface area (Å²) in [6.45, 7) is 0.529. The van der Waals surface area contributed by atoms with E-state index in [9.17, 15) is 17.6 Å². The van der Waals surface area contributed by atoms with E-state index in [2.05, 4.69) is 0 Å². The van der Waals surface area contributed by atoms with Gasteiger partial charge < -0.3 is 4.74 Å². The molecule has 20 heavy (non-hydrogen) atoms. The van der Waals surface area contributed by atoms with Crippen LogP contribution in [-0.2, 0) is 19.6 Å². The molecule has 0 aromatic carbocycles. The van der Waals surface area contributed by atoms with Gasteiger partial charge in [0.25, 0.3) is 0 Å². The molecule has 4 rings (SSSR count). The maximum atomic E-state index is 13.9. The van der Waals surface area contributed by atoms with E-state index in [1.807, 2.05) is 0 Å². The lowest BCUT2D eigenvalue weighted by atomic mass is 9.55. The first-order valence-electron chi connectivity index (χ1n) is 7.05. The molecule has 4 fully saturated rings. The Balaban J connectivity index is 1.74. The van der Waals surface area contributed by atoms with Crippen LogP contribution < -0.4 is 0 Å². The van der Waals surface area contributed by atoms with Crippen molar-refractivity contribution in [3.63, 3.8) is 0 Å². The predicted octanol–water partition coefficient (Wildman–Crippen LogP) is 1.93. The molecule has 0 aliphatic heterocycles. The summed E-state index contributed by atoms with van der Waals surface area (Å²) in [5.74, 6) is 0.286. The monoisotopic (exact) mass is 306 g/mol. The Labute approximate surface area is 117 Å². The number of hydrogen-bond acceptors (Lipinski definition) is 4. The summed E-state index contributed by atoms with van der Waals surface area (Å²) in [5, 5.41) is -3.39. The van der Waals surface area contributed by atoms with Crippen molar-refractivity contribution in [3.05, 3.63) is 0 Å². The average molecular weight is 306 g/mol. The molecule has 4 bridgehead atoms. The molecule has 0 aromatic heterocycles. The number of carbonyl (C=O) groups is 1. The summed E-state index contributed by atoms with van der Waals surface area (Å²) < 4.78 is 49.7. The van der Waals surface area contributed by atoms with Gasteiger partial charge in [-0.15, -0.1) is 0 Å². The van der Waals surface area contributed by atoms with Gasteiger partial charge >= 0.3 is 21.1 Å². The molecule has 0 saturated heterocycles. The van der Waals surface area contributed by atoms with Crippen molar-refractivity contribution in [2.24, 2.45) is 23.7 Å². The Hall–Kier alpha value is -0.690. The molecule has 1 atom stereocenters. The van der Waals surface area contributed by atoms with Crippen LogP contribution in [0.1, 0.15) is 39.0 Å². The van der Waals surface area contributed by atoms with Crippen LogP contribution in [0.4, 0.5) is 4.39 Å². The highest BCUT2D eigenvalue weighted by Crippen LogP contribution is 2.54. The van der Waals surface area contributed by atoms with E-state index in [-0.39, 0.29) is 11.8 Å². The largest absolute Gasteiger partial charge is 0.459 e. The topological polar surface area (TPSA) is 80.7 Å². The molecular formula is C13H19FO5S. The normalized spacial score (nSPS) is 42.2. The van der Waals surface area contributed by atoms with Crippen LogP contribution in [0, 0.1) is 23.7 Å². The SMILES string of the molecule is CC(F)(C(=O)OC1C2CC3CC(C2)CC1C3)S(=O)(=O)O. The smallest absolute Gasteiger partial charge is 0.362 e. The first-order chi connectivity index (χ1) is 9.18. The molecule has 0 aromatic rings. The Kier molecular flexibility index (Phi) is 3.14. The average Bonchev–Trinajstić information content (AvgIpc) is 2.31. The van der Waals surface area contributed by atoms with E-state index >= 15 is 0 Å². The van der Waals surface area contributed by atoms with Crippen molar-refractivity contribution < 1.29 is 26.9 Å². The van der Waals surface area contributed by atoms with E-state index in [1.165, 1.54) is 6.42 Å². The first-order valence-corrected chi connectivity index (χ1v) is 8.49. The van der Waals surface area contributed by atoms with E-state index in [0.717, 1.165) is 25.7 Å². The maximum absolute atomic E-state index is 13.9. The fourth-order valence-corrected chi connectivity index (χ4v) is 4.66. The number of carbonyl (C=O) groups excluding carboxylic acids is 1. The Morgan fingerprint density at radius 3 is 2.00 bits per heavy atom. The number of rotatable bonds is 3. The molecule has 0 radical (unpaired) electrons. The van der Waals surface area contributed by atoms with Crippen molar-refractivity contribution in [3.8, 4) is 0 Å². The number of halogens is 1. The van der Waals surface area contributed by atoms with E-state index < -0.39 is 27.2 Å². The zero-order valence-corrected chi connectivity index (χ0v) is 12.1. The third-order valence-corrected chi connectivity index (χ3v) is 6.37. The van der Waals surface area contributed by atoms with Crippen LogP contribution in [0.5, 0.6) is 0 Å². The summed E-state index contributed by atoms with van der Waals surface area (Å²) in [6, 6.07) is 0. The van der Waals surface area contributed by atoms with Gasteiger partial charge in [-0.05, 0) is 62.7 Å². The quantitative estimate of drug-likeness (QED) is 0.636. The third-order valence-electron chi connectivity index (χ3n) is 5.23. The molecule has 1 N–H and O–H groups in total. The fourth-order valence-electron chi connectivity index (χ4n) is 4.40. The molecule has 4 saturated carbocycles. The Bertz CT molecular complexity index is 499. The molecule has 114 valence electrons. The van der Waals surface area contributed by atoms with Crippen molar-refractivity contribution in [1.82, 2.24) is 0 Å². The van der Waals surface area contributed by atoms with Crippen LogP contribution in [0.2, 0.25) is 0 Å². The second-order valence-electron chi connectivity index (χ2n) is 6.69. The molecular weight excluding hydrogens is 287 g/mol. The van der Waals surface area contributed by atoms with E-state index in [4.69, 9.17) is 9.29 Å². The molecule has 4 aliphatic carbocycles. The third kappa shape index (κ3) is 2.15. The summed E-state index contributed by atoms with van der Waals surface area (Å²) >= 11 is 0. The predicted molar refractivity (Wildman–Crippen MR) is 68.0 cm³/mol. The molecule has 0 spiro atoms. The van der Waals surface area contributed by atoms with Crippen molar-refractivity contribution in [2.45, 2.75) is 50.1 Å². The minimum absolute atomic E-state index is 0.215. The standard InChI is InChI=1S/C13H19FO5S/c1-13(14,20(16,17)18)12(15)19-11-9-3-7-2-8(5-9)6-10(11)4-7/h7-11H,2-6H2,1H3,(H,16,17,18). The lowest BCUT2D eigenvalue weighted by Crippen LogP contribution is -2.52. The second-order valence-corrected chi connectivity index (χ2v) is 8.41. The highest BCUT2D eigenvalue weighted by atomic mass is 32.2. The second kappa shape index (κ2) is 4.40. The lowest BCUT2D eigenvalue weighted by molar-refractivity contribution is -0.178. The van der Waals surface area contributed by atoms with Gasteiger partial charge in [0.1, 0.15) is 6.10 Å². The van der Waals surface area contributed by atoms with Gasteiger partial charge in [-0.25, -0.2) is 9.18 Å². The molecule has 4 aliphatic rings. The van der Waals surface area contributed by atoms with Crippen LogP contribution in [0.15, 0.2) is 0 Å². The van der Waals surface area contributed by atoms with Crippen molar-refractivity contribution >= 4 is 16.1 Å². The minimum atomic E-state index is -5.12. The lowest BCUT2D eigenvalue weighted by Gasteiger charge is -2.53. The van der Waals surface area contributed by atoms with E-state index in [0.29, 0.717) is 18.8 Å². The summed E-state index contributed by atoms with van der Waals surface area (Å²) in [4.78, 5) is 11.8. The summed E-state index contributed by atoms with van der Waals surface area (Å²) in [7, 11) is -5.12. The number of alkyl halides is 1. The Morgan fingerprint density at radius 2 is 1.60 bits per heavy atom. The van der Waals surface area contributed by atoms with Gasteiger partial charge in [-0.2, -0.15) is 8.42 Å². The highest BCUT2D eigenvalue weighted by Gasteiger charge is 2.54. The molecule has 0 heterocycles. The van der Waals surface area contributed by atoms with Gasteiger partial charge in [0.2, 0.25) is 0 Å². The summed E-state index contributed by atoms with van der Waals surface area (Å²) in [5.41, 5.74) is 0. The van der Waals surface area contributed by atoms with E-state index in [1.54, 1.807) is 0 Å².